The van der Waals surface area contributed by atoms with Crippen LogP contribution in [0, 0.1) is 5.82 Å². The maximum atomic E-state index is 14.1. The third kappa shape index (κ3) is 3.89. The molecule has 1 aromatic carbocycles. The Labute approximate surface area is 141 Å². The quantitative estimate of drug-likeness (QED) is 0.774. The molecule has 1 amide bonds. The van der Waals surface area contributed by atoms with E-state index in [0.29, 0.717) is 24.1 Å². The average Bonchev–Trinajstić information content (AvgIpc) is 3.07. The number of halogens is 1. The Balaban J connectivity index is 1.60. The maximum absolute atomic E-state index is 14.1. The topological polar surface area (TPSA) is 29.5 Å². The van der Waals surface area contributed by atoms with Gasteiger partial charge in [0, 0.05) is 18.0 Å². The minimum atomic E-state index is -0.425. The summed E-state index contributed by atoms with van der Waals surface area (Å²) in [7, 11) is 0. The Hall–Kier alpha value is -1.07. The first kappa shape index (κ1) is 16.8. The average molecular weight is 337 g/mol. The monoisotopic (exact) mass is 337 g/mol. The first-order chi connectivity index (χ1) is 11.2. The molecule has 23 heavy (non-hydrogen) atoms. The largest absolute Gasteiger partial charge is 0.375 e. The van der Waals surface area contributed by atoms with Crippen molar-refractivity contribution in [1.82, 2.24) is 4.90 Å². The van der Waals surface area contributed by atoms with E-state index in [9.17, 15) is 9.18 Å². The zero-order valence-corrected chi connectivity index (χ0v) is 14.4. The molecule has 1 saturated heterocycles. The van der Waals surface area contributed by atoms with Crippen LogP contribution in [0.15, 0.2) is 23.1 Å². The van der Waals surface area contributed by atoms with Crippen LogP contribution in [-0.4, -0.2) is 42.4 Å². The van der Waals surface area contributed by atoms with Crippen molar-refractivity contribution in [3.8, 4) is 0 Å². The van der Waals surface area contributed by atoms with Gasteiger partial charge in [-0.2, -0.15) is 0 Å². The highest BCUT2D eigenvalue weighted by molar-refractivity contribution is 7.98. The molecule has 0 spiro atoms. The highest BCUT2D eigenvalue weighted by Crippen LogP contribution is 2.28. The minimum Gasteiger partial charge on any atom is -0.375 e. The molecule has 2 aliphatic rings. The molecule has 1 aliphatic carbocycles. The molecule has 0 atom stereocenters. The van der Waals surface area contributed by atoms with E-state index in [1.165, 1.54) is 43.5 Å². The first-order valence-corrected chi connectivity index (χ1v) is 9.68. The van der Waals surface area contributed by atoms with Crippen LogP contribution in [0.3, 0.4) is 0 Å². The van der Waals surface area contributed by atoms with Crippen molar-refractivity contribution in [1.29, 1.82) is 0 Å². The molecule has 5 heteroatoms. The second kappa shape index (κ2) is 7.67. The fourth-order valence-corrected chi connectivity index (χ4v) is 4.14. The third-order valence-electron chi connectivity index (χ3n) is 4.83. The van der Waals surface area contributed by atoms with Gasteiger partial charge in [-0.1, -0.05) is 18.9 Å². The highest BCUT2D eigenvalue weighted by atomic mass is 32.2. The van der Waals surface area contributed by atoms with Crippen molar-refractivity contribution in [2.24, 2.45) is 0 Å². The van der Waals surface area contributed by atoms with Gasteiger partial charge >= 0.3 is 0 Å². The predicted octanol–water partition coefficient (Wildman–Crippen LogP) is 4.11. The number of likely N-dealkylation sites (tertiary alicyclic amines) is 1. The second-order valence-corrected chi connectivity index (χ2v) is 7.20. The Kier molecular flexibility index (Phi) is 5.59. The van der Waals surface area contributed by atoms with Crippen LogP contribution in [0.1, 0.15) is 48.9 Å². The molecular formula is C18H24FNO2S. The zero-order valence-electron chi connectivity index (χ0n) is 13.6. The predicted molar refractivity (Wildman–Crippen MR) is 90.4 cm³/mol. The van der Waals surface area contributed by atoms with E-state index in [1.54, 1.807) is 17.0 Å². The molecule has 3 rings (SSSR count). The molecule has 0 aromatic heterocycles. The SMILES string of the molecule is CSc1cccc(F)c1C(=O)N1CCC(OC2CCCC2)CC1. The van der Waals surface area contributed by atoms with Gasteiger partial charge in [0.25, 0.3) is 5.91 Å². The minimum absolute atomic E-state index is 0.188. The second-order valence-electron chi connectivity index (χ2n) is 6.35. The number of rotatable bonds is 4. The molecule has 1 aliphatic heterocycles. The van der Waals surface area contributed by atoms with E-state index in [4.69, 9.17) is 4.74 Å². The number of ether oxygens (including phenoxy) is 1. The van der Waals surface area contributed by atoms with Crippen LogP contribution < -0.4 is 0 Å². The van der Waals surface area contributed by atoms with Crippen LogP contribution >= 0.6 is 11.8 Å². The Morgan fingerprint density at radius 1 is 1.17 bits per heavy atom. The fourth-order valence-electron chi connectivity index (χ4n) is 3.53. The van der Waals surface area contributed by atoms with Crippen molar-refractivity contribution in [3.05, 3.63) is 29.6 Å². The molecule has 3 nitrogen and oxygen atoms in total. The number of nitrogens with zero attached hydrogens (tertiary/aromatic N) is 1. The van der Waals surface area contributed by atoms with Crippen molar-refractivity contribution >= 4 is 17.7 Å². The zero-order chi connectivity index (χ0) is 16.2. The van der Waals surface area contributed by atoms with Crippen LogP contribution in [0.25, 0.3) is 0 Å². The van der Waals surface area contributed by atoms with E-state index in [-0.39, 0.29) is 17.6 Å². The van der Waals surface area contributed by atoms with Gasteiger partial charge in [-0.25, -0.2) is 4.39 Å². The fraction of sp³-hybridized carbons (Fsp3) is 0.611. The number of benzene rings is 1. The number of hydrogen-bond acceptors (Lipinski definition) is 3. The Bertz CT molecular complexity index is 552. The summed E-state index contributed by atoms with van der Waals surface area (Å²) in [5.41, 5.74) is 0.218. The summed E-state index contributed by atoms with van der Waals surface area (Å²) in [5.74, 6) is -0.613. The number of amides is 1. The van der Waals surface area contributed by atoms with Crippen molar-refractivity contribution in [3.63, 3.8) is 0 Å². The summed E-state index contributed by atoms with van der Waals surface area (Å²) >= 11 is 1.41. The standard InChI is InChI=1S/C18H24FNO2S/c1-23-16-8-4-7-15(19)17(16)18(21)20-11-9-14(10-12-20)22-13-5-2-3-6-13/h4,7-8,13-14H,2-3,5-6,9-12H2,1H3. The molecule has 1 aromatic rings. The third-order valence-corrected chi connectivity index (χ3v) is 5.61. The first-order valence-electron chi connectivity index (χ1n) is 8.46. The highest BCUT2D eigenvalue weighted by Gasteiger charge is 2.29. The van der Waals surface area contributed by atoms with E-state index in [1.807, 2.05) is 6.26 Å². The molecule has 1 saturated carbocycles. The molecule has 126 valence electrons. The van der Waals surface area contributed by atoms with Crippen LogP contribution in [-0.2, 0) is 4.74 Å². The lowest BCUT2D eigenvalue weighted by atomic mass is 10.1. The lowest BCUT2D eigenvalue weighted by Crippen LogP contribution is -2.42. The smallest absolute Gasteiger partial charge is 0.257 e. The van der Waals surface area contributed by atoms with Gasteiger partial charge < -0.3 is 9.64 Å². The van der Waals surface area contributed by atoms with Crippen LogP contribution in [0.2, 0.25) is 0 Å². The molecule has 1 heterocycles. The molecule has 0 radical (unpaired) electrons. The van der Waals surface area contributed by atoms with Gasteiger partial charge in [0.1, 0.15) is 5.82 Å². The summed E-state index contributed by atoms with van der Waals surface area (Å²) < 4.78 is 20.2. The maximum Gasteiger partial charge on any atom is 0.257 e. The Morgan fingerprint density at radius 3 is 2.48 bits per heavy atom. The van der Waals surface area contributed by atoms with Gasteiger partial charge in [0.05, 0.1) is 17.8 Å². The molecule has 0 unspecified atom stereocenters. The van der Waals surface area contributed by atoms with E-state index in [0.717, 1.165) is 12.8 Å². The van der Waals surface area contributed by atoms with Crippen molar-refractivity contribution in [2.75, 3.05) is 19.3 Å². The summed E-state index contributed by atoms with van der Waals surface area (Å²) in [6.45, 7) is 1.30. The molecular weight excluding hydrogens is 313 g/mol. The number of carbonyl (C=O) groups excluding carboxylic acids is 1. The van der Waals surface area contributed by atoms with Gasteiger partial charge in [0.2, 0.25) is 0 Å². The van der Waals surface area contributed by atoms with E-state index >= 15 is 0 Å². The van der Waals surface area contributed by atoms with Gasteiger partial charge in [-0.15, -0.1) is 11.8 Å². The van der Waals surface area contributed by atoms with Gasteiger partial charge in [-0.05, 0) is 44.1 Å². The number of hydrogen-bond donors (Lipinski definition) is 0. The lowest BCUT2D eigenvalue weighted by Gasteiger charge is -2.33. The van der Waals surface area contributed by atoms with Crippen molar-refractivity contribution < 1.29 is 13.9 Å². The molecule has 2 fully saturated rings. The van der Waals surface area contributed by atoms with Gasteiger partial charge in [0.15, 0.2) is 0 Å². The van der Waals surface area contributed by atoms with Crippen molar-refractivity contribution in [2.45, 2.75) is 55.6 Å². The number of piperidine rings is 1. The van der Waals surface area contributed by atoms with E-state index in [2.05, 4.69) is 0 Å². The summed E-state index contributed by atoms with van der Waals surface area (Å²) in [6.07, 6.45) is 9.12. The van der Waals surface area contributed by atoms with Gasteiger partial charge in [-0.3, -0.25) is 4.79 Å². The van der Waals surface area contributed by atoms with Crippen LogP contribution in [0.4, 0.5) is 4.39 Å². The lowest BCUT2D eigenvalue weighted by molar-refractivity contribution is -0.0358. The Morgan fingerprint density at radius 2 is 1.83 bits per heavy atom. The normalized spacial score (nSPS) is 20.2. The van der Waals surface area contributed by atoms with Crippen LogP contribution in [0.5, 0.6) is 0 Å². The number of carbonyl (C=O) groups is 1. The summed E-state index contributed by atoms with van der Waals surface area (Å²) in [5, 5.41) is 0. The number of thioether (sulfide) groups is 1. The van der Waals surface area contributed by atoms with E-state index < -0.39 is 5.82 Å². The summed E-state index contributed by atoms with van der Waals surface area (Å²) in [4.78, 5) is 15.2. The summed E-state index contributed by atoms with van der Waals surface area (Å²) in [6, 6.07) is 4.82. The molecule has 0 bridgehead atoms. The molecule has 0 N–H and O–H groups in total.